The first-order valence-corrected chi connectivity index (χ1v) is 13.3. The Balaban J connectivity index is 2.33. The van der Waals surface area contributed by atoms with Crippen molar-refractivity contribution in [2.24, 2.45) is 5.92 Å². The molecule has 0 bridgehead atoms. The summed E-state index contributed by atoms with van der Waals surface area (Å²) in [5.74, 6) is 0.607. The fourth-order valence-electron chi connectivity index (χ4n) is 4.12. The van der Waals surface area contributed by atoms with Gasteiger partial charge in [-0.05, 0) is 65.0 Å². The number of carboxylic acid groups (broad SMARTS) is 1. The highest BCUT2D eigenvalue weighted by molar-refractivity contribution is 7.20. The summed E-state index contributed by atoms with van der Waals surface area (Å²) in [5.41, 5.74) is 5.40. The van der Waals surface area contributed by atoms with Crippen molar-refractivity contribution in [1.82, 2.24) is 0 Å². The van der Waals surface area contributed by atoms with Crippen LogP contribution in [0.15, 0.2) is 42.5 Å². The van der Waals surface area contributed by atoms with E-state index in [2.05, 4.69) is 91.8 Å². The molecule has 35 heavy (non-hydrogen) atoms. The molecule has 2 aromatic carbocycles. The van der Waals surface area contributed by atoms with Crippen LogP contribution in [-0.2, 0) is 15.6 Å². The van der Waals surface area contributed by atoms with Crippen LogP contribution in [-0.4, -0.2) is 17.7 Å². The van der Waals surface area contributed by atoms with Gasteiger partial charge in [0.05, 0.1) is 6.61 Å². The molecule has 0 saturated heterocycles. The van der Waals surface area contributed by atoms with Gasteiger partial charge < -0.3 is 9.84 Å². The van der Waals surface area contributed by atoms with E-state index in [1.54, 1.807) is 11.3 Å². The van der Waals surface area contributed by atoms with Crippen LogP contribution in [0.4, 0.5) is 0 Å². The van der Waals surface area contributed by atoms with Crippen molar-refractivity contribution in [3.8, 4) is 16.9 Å². The second-order valence-corrected chi connectivity index (χ2v) is 13.0. The lowest BCUT2D eigenvalue weighted by Gasteiger charge is -2.30. The Kier molecular flexibility index (Phi) is 7.86. The van der Waals surface area contributed by atoms with Gasteiger partial charge in [0, 0.05) is 32.2 Å². The smallest absolute Gasteiger partial charge is 0.328 e. The van der Waals surface area contributed by atoms with Crippen molar-refractivity contribution >= 4 is 33.0 Å². The second-order valence-electron chi connectivity index (χ2n) is 11.9. The first kappa shape index (κ1) is 27.0. The van der Waals surface area contributed by atoms with Crippen molar-refractivity contribution < 1.29 is 14.6 Å². The van der Waals surface area contributed by atoms with Crippen LogP contribution in [0.25, 0.3) is 26.8 Å². The Labute approximate surface area is 214 Å². The van der Waals surface area contributed by atoms with Crippen molar-refractivity contribution in [2.45, 2.75) is 79.6 Å². The van der Waals surface area contributed by atoms with Gasteiger partial charge in [-0.15, -0.1) is 11.3 Å². The number of fused-ring (bicyclic) bond motifs is 1. The van der Waals surface area contributed by atoms with Crippen molar-refractivity contribution in [2.75, 3.05) is 6.61 Å². The maximum atomic E-state index is 11.3. The molecule has 0 atom stereocenters. The summed E-state index contributed by atoms with van der Waals surface area (Å²) in [6.45, 7) is 20.5. The third-order valence-electron chi connectivity index (χ3n) is 6.28. The molecular formula is C31H40O3S. The number of hydrogen-bond acceptors (Lipinski definition) is 3. The standard InChI is InChI=1S/C31H40O3S/c1-19(2)13-14-34-29-24(16-21(30(4,5)6)17-25(29)31(7,8)9)22-11-10-12-26-23(22)18-27(35-26)20(3)15-28(32)33/h10-12,15-19H,13-14H2,1-9H3,(H,32,33). The maximum absolute atomic E-state index is 11.3. The highest BCUT2D eigenvalue weighted by Crippen LogP contribution is 2.46. The monoisotopic (exact) mass is 492 g/mol. The van der Waals surface area contributed by atoms with Gasteiger partial charge in [0.15, 0.2) is 0 Å². The van der Waals surface area contributed by atoms with Crippen LogP contribution < -0.4 is 4.74 Å². The van der Waals surface area contributed by atoms with E-state index >= 15 is 0 Å². The number of aliphatic carboxylic acids is 1. The van der Waals surface area contributed by atoms with Gasteiger partial charge in [0.1, 0.15) is 5.75 Å². The number of allylic oxidation sites excluding steroid dienone is 1. The SMILES string of the molecule is CC(=CC(=O)O)c1cc2c(-c3cc(C(C)(C)C)cc(C(C)(C)C)c3OCCC(C)C)cccc2s1. The molecule has 3 aromatic rings. The van der Waals surface area contributed by atoms with Crippen LogP contribution >= 0.6 is 11.3 Å². The Morgan fingerprint density at radius 1 is 1.03 bits per heavy atom. The van der Waals surface area contributed by atoms with E-state index in [1.165, 1.54) is 17.2 Å². The summed E-state index contributed by atoms with van der Waals surface area (Å²) < 4.78 is 7.74. The maximum Gasteiger partial charge on any atom is 0.328 e. The number of thiophene rings is 1. The summed E-state index contributed by atoms with van der Waals surface area (Å²) >= 11 is 1.63. The zero-order valence-electron chi connectivity index (χ0n) is 22.7. The molecule has 1 aromatic heterocycles. The number of carboxylic acids is 1. The Hall–Kier alpha value is -2.59. The van der Waals surface area contributed by atoms with Gasteiger partial charge in [0.25, 0.3) is 0 Å². The number of ether oxygens (including phenoxy) is 1. The zero-order valence-corrected chi connectivity index (χ0v) is 23.5. The minimum Gasteiger partial charge on any atom is -0.493 e. The lowest BCUT2D eigenvalue weighted by atomic mass is 9.78. The molecule has 0 unspecified atom stereocenters. The largest absolute Gasteiger partial charge is 0.493 e. The van der Waals surface area contributed by atoms with E-state index in [4.69, 9.17) is 4.74 Å². The molecule has 0 aliphatic heterocycles. The summed E-state index contributed by atoms with van der Waals surface area (Å²) in [6.07, 6.45) is 2.28. The van der Waals surface area contributed by atoms with Crippen LogP contribution in [0.5, 0.6) is 5.75 Å². The molecule has 1 heterocycles. The molecule has 0 saturated carbocycles. The summed E-state index contributed by atoms with van der Waals surface area (Å²) in [4.78, 5) is 12.2. The average molecular weight is 493 g/mol. The molecule has 0 spiro atoms. The molecule has 4 heteroatoms. The normalized spacial score (nSPS) is 13.0. The predicted octanol–water partition coefficient (Wildman–Crippen LogP) is 9.08. The molecule has 0 aliphatic carbocycles. The van der Waals surface area contributed by atoms with Crippen LogP contribution in [0.1, 0.15) is 84.7 Å². The van der Waals surface area contributed by atoms with Gasteiger partial charge in [-0.1, -0.05) is 73.6 Å². The second kappa shape index (κ2) is 10.2. The minimum absolute atomic E-state index is 0.0142. The molecule has 0 amide bonds. The highest BCUT2D eigenvalue weighted by Gasteiger charge is 2.27. The fourth-order valence-corrected chi connectivity index (χ4v) is 5.18. The van der Waals surface area contributed by atoms with Gasteiger partial charge in [-0.3, -0.25) is 0 Å². The predicted molar refractivity (Wildman–Crippen MR) is 151 cm³/mol. The zero-order chi connectivity index (χ0) is 26.1. The average Bonchev–Trinajstić information content (AvgIpc) is 3.16. The molecule has 1 N–H and O–H groups in total. The minimum atomic E-state index is -0.922. The Morgan fingerprint density at radius 3 is 2.29 bits per heavy atom. The third kappa shape index (κ3) is 6.35. The van der Waals surface area contributed by atoms with Crippen LogP contribution in [0.2, 0.25) is 0 Å². The lowest BCUT2D eigenvalue weighted by Crippen LogP contribution is -2.19. The number of benzene rings is 2. The highest BCUT2D eigenvalue weighted by atomic mass is 32.1. The molecule has 3 rings (SSSR count). The summed E-state index contributed by atoms with van der Waals surface area (Å²) in [5, 5.41) is 10.4. The van der Waals surface area contributed by atoms with E-state index in [0.717, 1.165) is 43.8 Å². The van der Waals surface area contributed by atoms with E-state index < -0.39 is 5.97 Å². The number of carbonyl (C=O) groups is 1. The first-order valence-electron chi connectivity index (χ1n) is 12.4. The van der Waals surface area contributed by atoms with E-state index in [1.807, 2.05) is 6.92 Å². The van der Waals surface area contributed by atoms with E-state index in [-0.39, 0.29) is 10.8 Å². The lowest BCUT2D eigenvalue weighted by molar-refractivity contribution is -0.131. The van der Waals surface area contributed by atoms with E-state index in [9.17, 15) is 9.90 Å². The van der Waals surface area contributed by atoms with Gasteiger partial charge in [-0.2, -0.15) is 0 Å². The molecular weight excluding hydrogens is 452 g/mol. The third-order valence-corrected chi connectivity index (χ3v) is 7.52. The molecule has 3 nitrogen and oxygen atoms in total. The fraction of sp³-hybridized carbons (Fsp3) is 0.452. The Morgan fingerprint density at radius 2 is 1.71 bits per heavy atom. The molecule has 188 valence electrons. The molecule has 0 aliphatic rings. The van der Waals surface area contributed by atoms with Crippen LogP contribution in [0, 0.1) is 5.92 Å². The van der Waals surface area contributed by atoms with Crippen molar-refractivity contribution in [3.63, 3.8) is 0 Å². The van der Waals surface area contributed by atoms with Gasteiger partial charge in [0.2, 0.25) is 0 Å². The molecule has 0 fully saturated rings. The summed E-state index contributed by atoms with van der Waals surface area (Å²) in [6, 6.07) is 13.1. The number of hydrogen-bond donors (Lipinski definition) is 1. The quantitative estimate of drug-likeness (QED) is 0.335. The van der Waals surface area contributed by atoms with Crippen molar-refractivity contribution in [3.05, 3.63) is 58.5 Å². The van der Waals surface area contributed by atoms with Gasteiger partial charge >= 0.3 is 5.97 Å². The number of rotatable bonds is 7. The topological polar surface area (TPSA) is 46.5 Å². The molecule has 0 radical (unpaired) electrons. The first-order chi connectivity index (χ1) is 16.2. The van der Waals surface area contributed by atoms with Crippen LogP contribution in [0.3, 0.4) is 0 Å². The Bertz CT molecular complexity index is 1250. The van der Waals surface area contributed by atoms with Crippen molar-refractivity contribution in [1.29, 1.82) is 0 Å². The summed E-state index contributed by atoms with van der Waals surface area (Å²) in [7, 11) is 0. The van der Waals surface area contributed by atoms with Gasteiger partial charge in [-0.25, -0.2) is 4.79 Å². The van der Waals surface area contributed by atoms with E-state index in [0.29, 0.717) is 12.5 Å².